The van der Waals surface area contributed by atoms with Gasteiger partial charge in [-0.25, -0.2) is 5.48 Å². The lowest BCUT2D eigenvalue weighted by Gasteiger charge is -2.15. The molecule has 0 saturated heterocycles. The monoisotopic (exact) mass is 298 g/mol. The SMILES string of the molecule is COc1ccc(CC(=O)NCC(=O)NO)c(OC)c1OC. The zero-order valence-corrected chi connectivity index (χ0v) is 12.1. The maximum atomic E-state index is 11.8. The maximum absolute atomic E-state index is 11.8. The molecule has 2 amide bonds. The van der Waals surface area contributed by atoms with Crippen molar-refractivity contribution in [3.8, 4) is 17.2 Å². The van der Waals surface area contributed by atoms with Gasteiger partial charge in [0.05, 0.1) is 34.3 Å². The number of hydrogen-bond donors (Lipinski definition) is 3. The van der Waals surface area contributed by atoms with Gasteiger partial charge in [-0.3, -0.25) is 14.8 Å². The first-order chi connectivity index (χ1) is 10.1. The second kappa shape index (κ2) is 7.95. The van der Waals surface area contributed by atoms with E-state index in [1.165, 1.54) is 26.8 Å². The summed E-state index contributed by atoms with van der Waals surface area (Å²) in [7, 11) is 4.42. The predicted molar refractivity (Wildman–Crippen MR) is 72.7 cm³/mol. The minimum absolute atomic E-state index is 0.0117. The summed E-state index contributed by atoms with van der Waals surface area (Å²) in [5, 5.41) is 10.7. The molecule has 3 N–H and O–H groups in total. The van der Waals surface area contributed by atoms with Gasteiger partial charge in [0.2, 0.25) is 11.7 Å². The molecule has 1 rings (SSSR count). The van der Waals surface area contributed by atoms with Crippen LogP contribution in [0, 0.1) is 0 Å². The molecule has 0 heterocycles. The van der Waals surface area contributed by atoms with Gasteiger partial charge < -0.3 is 19.5 Å². The molecule has 0 bridgehead atoms. The Morgan fingerprint density at radius 1 is 1.05 bits per heavy atom. The van der Waals surface area contributed by atoms with Crippen LogP contribution in [0.3, 0.4) is 0 Å². The van der Waals surface area contributed by atoms with Crippen molar-refractivity contribution in [1.29, 1.82) is 0 Å². The lowest BCUT2D eigenvalue weighted by Crippen LogP contribution is -2.36. The minimum Gasteiger partial charge on any atom is -0.493 e. The van der Waals surface area contributed by atoms with E-state index in [9.17, 15) is 9.59 Å². The van der Waals surface area contributed by atoms with E-state index >= 15 is 0 Å². The third-order valence-corrected chi connectivity index (χ3v) is 2.71. The van der Waals surface area contributed by atoms with E-state index in [-0.39, 0.29) is 13.0 Å². The van der Waals surface area contributed by atoms with Gasteiger partial charge in [-0.15, -0.1) is 0 Å². The summed E-state index contributed by atoms with van der Waals surface area (Å²) in [6.45, 7) is -0.315. The Balaban J connectivity index is 2.88. The van der Waals surface area contributed by atoms with Crippen molar-refractivity contribution < 1.29 is 29.0 Å². The fraction of sp³-hybridized carbons (Fsp3) is 0.385. The van der Waals surface area contributed by atoms with Gasteiger partial charge in [-0.2, -0.15) is 0 Å². The van der Waals surface area contributed by atoms with Crippen LogP contribution in [0.15, 0.2) is 12.1 Å². The average molecular weight is 298 g/mol. The van der Waals surface area contributed by atoms with Crippen LogP contribution in [-0.4, -0.2) is 44.9 Å². The lowest BCUT2D eigenvalue weighted by atomic mass is 10.1. The molecule has 8 nitrogen and oxygen atoms in total. The number of rotatable bonds is 7. The number of hydroxylamine groups is 1. The smallest absolute Gasteiger partial charge is 0.262 e. The Bertz CT molecular complexity index is 518. The molecule has 0 radical (unpaired) electrons. The Kier molecular flexibility index (Phi) is 6.28. The van der Waals surface area contributed by atoms with E-state index in [1.54, 1.807) is 12.1 Å². The quantitative estimate of drug-likeness (QED) is 0.478. The van der Waals surface area contributed by atoms with Crippen LogP contribution < -0.4 is 25.0 Å². The molecular formula is C13H18N2O6. The number of nitrogens with one attached hydrogen (secondary N) is 2. The highest BCUT2D eigenvalue weighted by molar-refractivity contribution is 5.85. The fourth-order valence-electron chi connectivity index (χ4n) is 1.76. The van der Waals surface area contributed by atoms with Crippen molar-refractivity contribution in [2.45, 2.75) is 6.42 Å². The van der Waals surface area contributed by atoms with E-state index in [1.807, 2.05) is 0 Å². The number of carbonyl (C=O) groups is 2. The fourth-order valence-corrected chi connectivity index (χ4v) is 1.76. The van der Waals surface area contributed by atoms with Gasteiger partial charge in [0, 0.05) is 5.56 Å². The number of methoxy groups -OCH3 is 3. The maximum Gasteiger partial charge on any atom is 0.262 e. The molecule has 0 unspecified atom stereocenters. The molecular weight excluding hydrogens is 280 g/mol. The van der Waals surface area contributed by atoms with Crippen molar-refractivity contribution in [3.63, 3.8) is 0 Å². The molecule has 0 atom stereocenters. The highest BCUT2D eigenvalue weighted by Crippen LogP contribution is 2.39. The van der Waals surface area contributed by atoms with Gasteiger partial charge in [-0.05, 0) is 6.07 Å². The molecule has 0 spiro atoms. The first kappa shape index (κ1) is 16.6. The number of ether oxygens (including phenoxy) is 3. The van der Waals surface area contributed by atoms with Crippen LogP contribution in [0.25, 0.3) is 0 Å². The molecule has 0 aliphatic carbocycles. The Morgan fingerprint density at radius 2 is 1.71 bits per heavy atom. The summed E-state index contributed by atoms with van der Waals surface area (Å²) in [5.74, 6) is 0.155. The number of carbonyl (C=O) groups excluding carboxylic acids is 2. The summed E-state index contributed by atoms with van der Waals surface area (Å²) in [4.78, 5) is 22.6. The minimum atomic E-state index is -0.706. The van der Waals surface area contributed by atoms with Crippen LogP contribution >= 0.6 is 0 Å². The van der Waals surface area contributed by atoms with Gasteiger partial charge in [0.25, 0.3) is 5.91 Å². The molecule has 1 aromatic rings. The second-order valence-corrected chi connectivity index (χ2v) is 3.98. The largest absolute Gasteiger partial charge is 0.493 e. The van der Waals surface area contributed by atoms with Crippen molar-refractivity contribution in [2.24, 2.45) is 0 Å². The van der Waals surface area contributed by atoms with E-state index in [2.05, 4.69) is 5.32 Å². The predicted octanol–water partition coefficient (Wildman–Crippen LogP) is -0.123. The molecule has 116 valence electrons. The summed E-state index contributed by atoms with van der Waals surface area (Å²) in [6.07, 6.45) is -0.0117. The van der Waals surface area contributed by atoms with Crippen molar-refractivity contribution in [2.75, 3.05) is 27.9 Å². The third kappa shape index (κ3) is 4.25. The van der Waals surface area contributed by atoms with Gasteiger partial charge in [0.15, 0.2) is 11.5 Å². The molecule has 1 aromatic carbocycles. The van der Waals surface area contributed by atoms with Crippen molar-refractivity contribution >= 4 is 11.8 Å². The van der Waals surface area contributed by atoms with Gasteiger partial charge in [-0.1, -0.05) is 6.07 Å². The van der Waals surface area contributed by atoms with Gasteiger partial charge >= 0.3 is 0 Å². The average Bonchev–Trinajstić information content (AvgIpc) is 2.51. The highest BCUT2D eigenvalue weighted by Gasteiger charge is 2.17. The zero-order chi connectivity index (χ0) is 15.8. The summed E-state index contributed by atoms with van der Waals surface area (Å²) >= 11 is 0. The normalized spacial score (nSPS) is 9.71. The van der Waals surface area contributed by atoms with Gasteiger partial charge in [0.1, 0.15) is 0 Å². The zero-order valence-electron chi connectivity index (χ0n) is 12.1. The van der Waals surface area contributed by atoms with E-state index in [4.69, 9.17) is 19.4 Å². The molecule has 0 fully saturated rings. The van der Waals surface area contributed by atoms with Crippen molar-refractivity contribution in [3.05, 3.63) is 17.7 Å². The molecule has 21 heavy (non-hydrogen) atoms. The second-order valence-electron chi connectivity index (χ2n) is 3.98. The molecule has 0 saturated carbocycles. The number of amides is 2. The number of benzene rings is 1. The van der Waals surface area contributed by atoms with Crippen LogP contribution in [0.1, 0.15) is 5.56 Å². The summed E-state index contributed by atoms with van der Waals surface area (Å²) in [6, 6.07) is 3.33. The summed E-state index contributed by atoms with van der Waals surface area (Å²) < 4.78 is 15.6. The standard InChI is InChI=1S/C13H18N2O6/c1-19-9-5-4-8(12(20-2)13(9)21-3)6-10(16)14-7-11(17)15-18/h4-5,18H,6-7H2,1-3H3,(H,14,16)(H,15,17). The first-order valence-electron chi connectivity index (χ1n) is 6.04. The third-order valence-electron chi connectivity index (χ3n) is 2.71. The van der Waals surface area contributed by atoms with Crippen LogP contribution in [0.4, 0.5) is 0 Å². The van der Waals surface area contributed by atoms with Crippen LogP contribution in [0.5, 0.6) is 17.2 Å². The van der Waals surface area contributed by atoms with Crippen LogP contribution in [-0.2, 0) is 16.0 Å². The molecule has 0 aromatic heterocycles. The Morgan fingerprint density at radius 3 is 2.24 bits per heavy atom. The highest BCUT2D eigenvalue weighted by atomic mass is 16.5. The topological polar surface area (TPSA) is 106 Å². The van der Waals surface area contributed by atoms with E-state index < -0.39 is 11.8 Å². The van der Waals surface area contributed by atoms with Crippen LogP contribution in [0.2, 0.25) is 0 Å². The van der Waals surface area contributed by atoms with Crippen molar-refractivity contribution in [1.82, 2.24) is 10.8 Å². The Hall–Kier alpha value is -2.48. The Labute approximate surface area is 121 Å². The first-order valence-corrected chi connectivity index (χ1v) is 6.04. The number of hydrogen-bond acceptors (Lipinski definition) is 6. The van der Waals surface area contributed by atoms with E-state index in [0.29, 0.717) is 22.8 Å². The molecule has 8 heteroatoms. The lowest BCUT2D eigenvalue weighted by molar-refractivity contribution is -0.131. The molecule has 0 aliphatic heterocycles. The summed E-state index contributed by atoms with van der Waals surface area (Å²) in [5.41, 5.74) is 2.01. The molecule has 0 aliphatic rings. The van der Waals surface area contributed by atoms with E-state index in [0.717, 1.165) is 0 Å².